The first-order valence-electron chi connectivity index (χ1n) is 7.70. The van der Waals surface area contributed by atoms with Gasteiger partial charge in [0.15, 0.2) is 0 Å². The van der Waals surface area contributed by atoms with Crippen LogP contribution in [0.3, 0.4) is 0 Å². The van der Waals surface area contributed by atoms with Crippen molar-refractivity contribution in [2.24, 2.45) is 0 Å². The van der Waals surface area contributed by atoms with Crippen LogP contribution in [0.15, 0.2) is 6.20 Å². The zero-order chi connectivity index (χ0) is 13.1. The van der Waals surface area contributed by atoms with E-state index in [1.165, 1.54) is 37.1 Å². The Bertz CT molecular complexity index is 420. The minimum absolute atomic E-state index is 0.665. The molecule has 0 radical (unpaired) electrons. The van der Waals surface area contributed by atoms with Gasteiger partial charge in [0.05, 0.1) is 17.6 Å². The summed E-state index contributed by atoms with van der Waals surface area (Å²) in [5.41, 5.74) is 2.62. The fourth-order valence-corrected chi connectivity index (χ4v) is 3.25. The molecule has 1 saturated heterocycles. The third-order valence-electron chi connectivity index (χ3n) is 4.36. The molecule has 1 aliphatic heterocycles. The molecule has 0 aromatic carbocycles. The highest BCUT2D eigenvalue weighted by molar-refractivity contribution is 5.51. The topological polar surface area (TPSA) is 41.1 Å². The Labute approximate surface area is 115 Å². The highest BCUT2D eigenvalue weighted by Gasteiger charge is 2.25. The molecule has 3 rings (SSSR count). The van der Waals surface area contributed by atoms with Crippen molar-refractivity contribution in [1.29, 1.82) is 0 Å². The number of nitrogens with zero attached hydrogens (tertiary/aromatic N) is 3. The van der Waals surface area contributed by atoms with Crippen LogP contribution in [0.25, 0.3) is 0 Å². The summed E-state index contributed by atoms with van der Waals surface area (Å²) in [6.07, 6.45) is 8.33. The zero-order valence-corrected chi connectivity index (χ0v) is 11.9. The molecule has 2 fully saturated rings. The molecule has 0 amide bonds. The second kappa shape index (κ2) is 5.87. The van der Waals surface area contributed by atoms with Crippen molar-refractivity contribution in [3.8, 4) is 0 Å². The van der Waals surface area contributed by atoms with Gasteiger partial charge in [0.25, 0.3) is 0 Å². The summed E-state index contributed by atoms with van der Waals surface area (Å²) in [5, 5.41) is 3.41. The maximum atomic E-state index is 4.88. The van der Waals surface area contributed by atoms with E-state index in [4.69, 9.17) is 4.98 Å². The van der Waals surface area contributed by atoms with E-state index in [-0.39, 0.29) is 0 Å². The Kier molecular flexibility index (Phi) is 3.97. The summed E-state index contributed by atoms with van der Waals surface area (Å²) < 4.78 is 0. The van der Waals surface area contributed by atoms with Gasteiger partial charge < -0.3 is 10.2 Å². The normalized spacial score (nSPS) is 21.0. The van der Waals surface area contributed by atoms with Crippen LogP contribution in [0, 0.1) is 0 Å². The third-order valence-corrected chi connectivity index (χ3v) is 4.36. The molecule has 1 aromatic rings. The highest BCUT2D eigenvalue weighted by Crippen LogP contribution is 2.37. The van der Waals surface area contributed by atoms with Crippen molar-refractivity contribution in [3.63, 3.8) is 0 Å². The largest absolute Gasteiger partial charge is 0.366 e. The van der Waals surface area contributed by atoms with Crippen molar-refractivity contribution < 1.29 is 0 Å². The van der Waals surface area contributed by atoms with Crippen LogP contribution in [0.2, 0.25) is 0 Å². The maximum Gasteiger partial charge on any atom is 0.128 e. The predicted molar refractivity (Wildman–Crippen MR) is 77.7 cm³/mol. The average Bonchev–Trinajstić information content (AvgIpc) is 3.01. The predicted octanol–water partition coefficient (Wildman–Crippen LogP) is 2.11. The lowest BCUT2D eigenvalue weighted by Gasteiger charge is -2.31. The number of piperazine rings is 1. The fourth-order valence-electron chi connectivity index (χ4n) is 3.25. The first kappa shape index (κ1) is 12.9. The van der Waals surface area contributed by atoms with Gasteiger partial charge in [-0.3, -0.25) is 0 Å². The number of rotatable bonds is 3. The molecule has 2 aliphatic rings. The minimum atomic E-state index is 0.665. The number of nitrogens with one attached hydrogen (secondary N) is 1. The lowest BCUT2D eigenvalue weighted by molar-refractivity contribution is 0.579. The first-order chi connectivity index (χ1) is 9.38. The van der Waals surface area contributed by atoms with Gasteiger partial charge in [-0.1, -0.05) is 19.8 Å². The molecule has 1 aromatic heterocycles. The molecule has 2 heterocycles. The molecule has 4 nitrogen and oxygen atoms in total. The van der Waals surface area contributed by atoms with E-state index in [0.29, 0.717) is 5.92 Å². The number of aromatic nitrogens is 2. The number of hydrogen-bond acceptors (Lipinski definition) is 4. The number of aryl methyl sites for hydroxylation is 1. The summed E-state index contributed by atoms with van der Waals surface area (Å²) >= 11 is 0. The van der Waals surface area contributed by atoms with Gasteiger partial charge in [0, 0.05) is 38.5 Å². The second-order valence-electron chi connectivity index (χ2n) is 5.63. The van der Waals surface area contributed by atoms with Crippen LogP contribution in [0.1, 0.15) is 50.0 Å². The third kappa shape index (κ3) is 2.73. The van der Waals surface area contributed by atoms with Crippen molar-refractivity contribution in [1.82, 2.24) is 15.3 Å². The van der Waals surface area contributed by atoms with Crippen molar-refractivity contribution in [2.75, 3.05) is 31.1 Å². The second-order valence-corrected chi connectivity index (χ2v) is 5.63. The van der Waals surface area contributed by atoms with Gasteiger partial charge in [0.2, 0.25) is 0 Å². The Morgan fingerprint density at radius 1 is 1.26 bits per heavy atom. The summed E-state index contributed by atoms with van der Waals surface area (Å²) in [4.78, 5) is 11.9. The summed E-state index contributed by atoms with van der Waals surface area (Å²) in [6.45, 7) is 6.43. The molecule has 1 saturated carbocycles. The van der Waals surface area contributed by atoms with E-state index in [1.54, 1.807) is 0 Å². The van der Waals surface area contributed by atoms with Gasteiger partial charge in [-0.2, -0.15) is 0 Å². The van der Waals surface area contributed by atoms with Gasteiger partial charge in [0.1, 0.15) is 5.82 Å². The van der Waals surface area contributed by atoms with E-state index in [9.17, 15) is 0 Å². The van der Waals surface area contributed by atoms with E-state index < -0.39 is 0 Å². The quantitative estimate of drug-likeness (QED) is 0.903. The van der Waals surface area contributed by atoms with Crippen LogP contribution in [-0.2, 0) is 6.42 Å². The van der Waals surface area contributed by atoms with E-state index in [1.807, 2.05) is 0 Å². The fraction of sp³-hybridized carbons (Fsp3) is 0.733. The molecule has 1 aliphatic carbocycles. The molecule has 0 unspecified atom stereocenters. The Morgan fingerprint density at radius 2 is 2.00 bits per heavy atom. The van der Waals surface area contributed by atoms with Crippen LogP contribution in [0.4, 0.5) is 5.69 Å². The minimum Gasteiger partial charge on any atom is -0.366 e. The lowest BCUT2D eigenvalue weighted by atomic mass is 10.0. The van der Waals surface area contributed by atoms with Crippen LogP contribution < -0.4 is 10.2 Å². The Morgan fingerprint density at radius 3 is 2.68 bits per heavy atom. The summed E-state index contributed by atoms with van der Waals surface area (Å²) in [5.74, 6) is 1.67. The SMILES string of the molecule is CCc1ncc(N2CCNCC2)c(C2CCCC2)n1. The smallest absolute Gasteiger partial charge is 0.128 e. The van der Waals surface area contributed by atoms with Crippen LogP contribution in [0.5, 0.6) is 0 Å². The average molecular weight is 260 g/mol. The molecule has 19 heavy (non-hydrogen) atoms. The molecule has 1 N–H and O–H groups in total. The van der Waals surface area contributed by atoms with Gasteiger partial charge in [-0.25, -0.2) is 9.97 Å². The van der Waals surface area contributed by atoms with Crippen molar-refractivity contribution >= 4 is 5.69 Å². The monoisotopic (exact) mass is 260 g/mol. The van der Waals surface area contributed by atoms with E-state index in [0.717, 1.165) is 38.4 Å². The maximum absolute atomic E-state index is 4.88. The molecular weight excluding hydrogens is 236 g/mol. The number of anilines is 1. The van der Waals surface area contributed by atoms with Gasteiger partial charge in [-0.15, -0.1) is 0 Å². The molecule has 104 valence electrons. The van der Waals surface area contributed by atoms with Crippen LogP contribution in [-0.4, -0.2) is 36.1 Å². The van der Waals surface area contributed by atoms with Crippen LogP contribution >= 0.6 is 0 Å². The Balaban J connectivity index is 1.92. The summed E-state index contributed by atoms with van der Waals surface area (Å²) in [6, 6.07) is 0. The van der Waals surface area contributed by atoms with Gasteiger partial charge in [-0.05, 0) is 12.8 Å². The number of hydrogen-bond donors (Lipinski definition) is 1. The van der Waals surface area contributed by atoms with Crippen molar-refractivity contribution in [3.05, 3.63) is 17.7 Å². The zero-order valence-electron chi connectivity index (χ0n) is 11.9. The Hall–Kier alpha value is -1.16. The van der Waals surface area contributed by atoms with E-state index >= 15 is 0 Å². The highest BCUT2D eigenvalue weighted by atomic mass is 15.2. The molecular formula is C15H24N4. The summed E-state index contributed by atoms with van der Waals surface area (Å²) in [7, 11) is 0. The lowest BCUT2D eigenvalue weighted by Crippen LogP contribution is -2.44. The molecule has 0 atom stereocenters. The molecule has 4 heteroatoms. The van der Waals surface area contributed by atoms with Gasteiger partial charge >= 0.3 is 0 Å². The molecule has 0 bridgehead atoms. The standard InChI is InChI=1S/C15H24N4/c1-2-14-17-11-13(19-9-7-16-8-10-19)15(18-14)12-5-3-4-6-12/h11-12,16H,2-10H2,1H3. The first-order valence-corrected chi connectivity index (χ1v) is 7.70. The van der Waals surface area contributed by atoms with E-state index in [2.05, 4.69) is 28.3 Å². The molecule has 0 spiro atoms. The van der Waals surface area contributed by atoms with Crippen molar-refractivity contribution in [2.45, 2.75) is 44.9 Å².